The van der Waals surface area contributed by atoms with Crippen molar-refractivity contribution in [2.45, 2.75) is 13.3 Å². The van der Waals surface area contributed by atoms with Crippen molar-refractivity contribution in [3.63, 3.8) is 0 Å². The summed E-state index contributed by atoms with van der Waals surface area (Å²) < 4.78 is 5.36. The van der Waals surface area contributed by atoms with Crippen LogP contribution in [0.2, 0.25) is 0 Å². The molecule has 2 aromatic rings. The number of H-pyrrole nitrogens is 1. The van der Waals surface area contributed by atoms with Crippen LogP contribution >= 0.6 is 11.3 Å². The number of nitrogens with one attached hydrogen (secondary N) is 1. The van der Waals surface area contributed by atoms with Crippen LogP contribution in [0.25, 0.3) is 0 Å². The van der Waals surface area contributed by atoms with E-state index in [1.807, 2.05) is 12.4 Å². The van der Waals surface area contributed by atoms with Crippen molar-refractivity contribution >= 4 is 11.3 Å². The SMILES string of the molecule is Cc1ncsc1CCOc1cc(=O)[nH]cn1. The first kappa shape index (κ1) is 10.8. The Balaban J connectivity index is 1.89. The fraction of sp³-hybridized carbons (Fsp3) is 0.300. The molecular weight excluding hydrogens is 226 g/mol. The van der Waals surface area contributed by atoms with Crippen molar-refractivity contribution in [2.24, 2.45) is 0 Å². The van der Waals surface area contributed by atoms with Crippen LogP contribution in [0.3, 0.4) is 0 Å². The molecule has 0 amide bonds. The predicted octanol–water partition coefficient (Wildman–Crippen LogP) is 1.16. The molecule has 6 heteroatoms. The van der Waals surface area contributed by atoms with Gasteiger partial charge in [0.05, 0.1) is 30.2 Å². The highest BCUT2D eigenvalue weighted by Crippen LogP contribution is 2.13. The van der Waals surface area contributed by atoms with Crippen molar-refractivity contribution in [3.8, 4) is 5.88 Å². The fourth-order valence-corrected chi connectivity index (χ4v) is 2.01. The Kier molecular flexibility index (Phi) is 3.31. The summed E-state index contributed by atoms with van der Waals surface area (Å²) >= 11 is 1.61. The summed E-state index contributed by atoms with van der Waals surface area (Å²) in [5.74, 6) is 0.353. The van der Waals surface area contributed by atoms with Crippen LogP contribution in [0.15, 0.2) is 22.7 Å². The van der Waals surface area contributed by atoms with Gasteiger partial charge in [-0.3, -0.25) is 4.79 Å². The Morgan fingerprint density at radius 3 is 3.06 bits per heavy atom. The van der Waals surface area contributed by atoms with Gasteiger partial charge in [0.25, 0.3) is 5.56 Å². The van der Waals surface area contributed by atoms with Gasteiger partial charge in [-0.15, -0.1) is 11.3 Å². The summed E-state index contributed by atoms with van der Waals surface area (Å²) in [6, 6.07) is 1.33. The highest BCUT2D eigenvalue weighted by Gasteiger charge is 2.02. The van der Waals surface area contributed by atoms with E-state index in [-0.39, 0.29) is 5.56 Å². The zero-order chi connectivity index (χ0) is 11.4. The van der Waals surface area contributed by atoms with Gasteiger partial charge in [-0.05, 0) is 6.92 Å². The first-order valence-electron chi connectivity index (χ1n) is 4.82. The van der Waals surface area contributed by atoms with E-state index in [1.54, 1.807) is 11.3 Å². The van der Waals surface area contributed by atoms with E-state index in [4.69, 9.17) is 4.74 Å². The van der Waals surface area contributed by atoms with E-state index >= 15 is 0 Å². The molecule has 0 saturated heterocycles. The third-order valence-electron chi connectivity index (χ3n) is 2.08. The lowest BCUT2D eigenvalue weighted by Gasteiger charge is -2.03. The number of hydrogen-bond acceptors (Lipinski definition) is 5. The van der Waals surface area contributed by atoms with Gasteiger partial charge in [0.15, 0.2) is 0 Å². The molecule has 0 aliphatic rings. The Morgan fingerprint density at radius 1 is 1.50 bits per heavy atom. The second kappa shape index (κ2) is 4.89. The van der Waals surface area contributed by atoms with Crippen LogP contribution in [0.1, 0.15) is 10.6 Å². The van der Waals surface area contributed by atoms with Gasteiger partial charge in [-0.25, -0.2) is 9.97 Å². The Bertz CT molecular complexity index is 521. The minimum Gasteiger partial charge on any atom is -0.477 e. The molecule has 0 aliphatic carbocycles. The van der Waals surface area contributed by atoms with Crippen molar-refractivity contribution in [2.75, 3.05) is 6.61 Å². The quantitative estimate of drug-likeness (QED) is 0.866. The average molecular weight is 237 g/mol. The van der Waals surface area contributed by atoms with Crippen LogP contribution in [0.4, 0.5) is 0 Å². The molecule has 0 spiro atoms. The summed E-state index contributed by atoms with van der Waals surface area (Å²) in [5, 5.41) is 0. The minimum atomic E-state index is -0.209. The van der Waals surface area contributed by atoms with Gasteiger partial charge >= 0.3 is 0 Å². The number of hydrogen-bond donors (Lipinski definition) is 1. The molecule has 84 valence electrons. The summed E-state index contributed by atoms with van der Waals surface area (Å²) in [6.45, 7) is 2.47. The molecule has 0 aromatic carbocycles. The molecule has 2 heterocycles. The maximum Gasteiger partial charge on any atom is 0.254 e. The third-order valence-corrected chi connectivity index (χ3v) is 3.07. The number of aryl methyl sites for hydroxylation is 1. The van der Waals surface area contributed by atoms with Gasteiger partial charge in [0.2, 0.25) is 5.88 Å². The highest BCUT2D eigenvalue weighted by atomic mass is 32.1. The molecule has 5 nitrogen and oxygen atoms in total. The molecule has 0 bridgehead atoms. The van der Waals surface area contributed by atoms with Gasteiger partial charge < -0.3 is 9.72 Å². The predicted molar refractivity (Wildman–Crippen MR) is 60.9 cm³/mol. The fourth-order valence-electron chi connectivity index (χ4n) is 1.24. The van der Waals surface area contributed by atoms with E-state index < -0.39 is 0 Å². The first-order valence-corrected chi connectivity index (χ1v) is 5.70. The number of aromatic nitrogens is 3. The smallest absolute Gasteiger partial charge is 0.254 e. The zero-order valence-corrected chi connectivity index (χ0v) is 9.58. The van der Waals surface area contributed by atoms with E-state index in [0.29, 0.717) is 12.5 Å². The van der Waals surface area contributed by atoms with E-state index in [1.165, 1.54) is 17.3 Å². The summed E-state index contributed by atoms with van der Waals surface area (Å²) in [5.41, 5.74) is 2.64. The monoisotopic (exact) mass is 237 g/mol. The summed E-state index contributed by atoms with van der Waals surface area (Å²) in [4.78, 5) is 22.6. The molecule has 2 aromatic heterocycles. The maximum atomic E-state index is 11.0. The minimum absolute atomic E-state index is 0.209. The highest BCUT2D eigenvalue weighted by molar-refractivity contribution is 7.09. The third kappa shape index (κ3) is 2.66. The van der Waals surface area contributed by atoms with E-state index in [0.717, 1.165) is 12.1 Å². The maximum absolute atomic E-state index is 11.0. The molecule has 0 aliphatic heterocycles. The van der Waals surface area contributed by atoms with Crippen molar-refractivity contribution < 1.29 is 4.74 Å². The molecule has 0 fully saturated rings. The molecular formula is C10H11N3O2S. The molecule has 1 N–H and O–H groups in total. The number of nitrogens with zero attached hydrogens (tertiary/aromatic N) is 2. The van der Waals surface area contributed by atoms with E-state index in [2.05, 4.69) is 15.0 Å². The van der Waals surface area contributed by atoms with Crippen molar-refractivity contribution in [1.82, 2.24) is 15.0 Å². The summed E-state index contributed by atoms with van der Waals surface area (Å²) in [7, 11) is 0. The Labute approximate surface area is 96.2 Å². The van der Waals surface area contributed by atoms with Crippen molar-refractivity contribution in [3.05, 3.63) is 38.8 Å². The second-order valence-electron chi connectivity index (χ2n) is 3.21. The largest absolute Gasteiger partial charge is 0.477 e. The number of rotatable bonds is 4. The average Bonchev–Trinajstić information content (AvgIpc) is 2.65. The molecule has 2 rings (SSSR count). The van der Waals surface area contributed by atoms with Crippen LogP contribution < -0.4 is 10.3 Å². The first-order chi connectivity index (χ1) is 7.75. The molecule has 0 atom stereocenters. The number of aromatic amines is 1. The molecule has 0 saturated carbocycles. The summed E-state index contributed by atoms with van der Waals surface area (Å²) in [6.07, 6.45) is 2.11. The Morgan fingerprint density at radius 2 is 2.38 bits per heavy atom. The topological polar surface area (TPSA) is 67.9 Å². The van der Waals surface area contributed by atoms with Gasteiger partial charge in [-0.1, -0.05) is 0 Å². The molecule has 16 heavy (non-hydrogen) atoms. The van der Waals surface area contributed by atoms with Gasteiger partial charge in [0, 0.05) is 11.3 Å². The zero-order valence-electron chi connectivity index (χ0n) is 8.77. The molecule has 0 unspecified atom stereocenters. The van der Waals surface area contributed by atoms with Crippen LogP contribution in [-0.2, 0) is 6.42 Å². The lowest BCUT2D eigenvalue weighted by atomic mass is 10.3. The number of thiazole rings is 1. The van der Waals surface area contributed by atoms with Gasteiger partial charge in [0.1, 0.15) is 0 Å². The number of ether oxygens (including phenoxy) is 1. The van der Waals surface area contributed by atoms with E-state index in [9.17, 15) is 4.79 Å². The van der Waals surface area contributed by atoms with Crippen molar-refractivity contribution in [1.29, 1.82) is 0 Å². The van der Waals surface area contributed by atoms with Crippen LogP contribution in [0.5, 0.6) is 5.88 Å². The second-order valence-corrected chi connectivity index (χ2v) is 4.15. The normalized spacial score (nSPS) is 10.3. The van der Waals surface area contributed by atoms with Gasteiger partial charge in [-0.2, -0.15) is 0 Å². The standard InChI is InChI=1S/C10H11N3O2S/c1-7-8(16-6-13-7)2-3-15-10-4-9(14)11-5-12-10/h4-6H,2-3H2,1H3,(H,11,12,14). The molecule has 0 radical (unpaired) electrons. The van der Waals surface area contributed by atoms with Crippen LogP contribution in [0, 0.1) is 6.92 Å². The van der Waals surface area contributed by atoms with Crippen LogP contribution in [-0.4, -0.2) is 21.6 Å². The lowest BCUT2D eigenvalue weighted by Crippen LogP contribution is -2.08. The lowest BCUT2D eigenvalue weighted by molar-refractivity contribution is 0.309. The Hall–Kier alpha value is -1.69.